The number of aryl methyl sites for hydroxylation is 1. The Morgan fingerprint density at radius 1 is 1.33 bits per heavy atom. The Kier molecular flexibility index (Phi) is 7.55. The van der Waals surface area contributed by atoms with Crippen molar-refractivity contribution in [3.63, 3.8) is 0 Å². The summed E-state index contributed by atoms with van der Waals surface area (Å²) in [5.74, 6) is 0.397. The number of nitrogens with zero attached hydrogens (tertiary/aromatic N) is 3. The second-order valence-electron chi connectivity index (χ2n) is 7.43. The molecule has 2 amide bonds. The number of carbonyl (C=O) groups is 1. The van der Waals surface area contributed by atoms with Crippen molar-refractivity contribution in [2.45, 2.75) is 26.3 Å². The van der Waals surface area contributed by atoms with Gasteiger partial charge in [-0.2, -0.15) is 5.26 Å². The van der Waals surface area contributed by atoms with E-state index in [1.807, 2.05) is 38.1 Å². The van der Waals surface area contributed by atoms with Crippen LogP contribution in [-0.2, 0) is 0 Å². The van der Waals surface area contributed by atoms with Gasteiger partial charge in [0, 0.05) is 23.2 Å². The fourth-order valence-corrected chi connectivity index (χ4v) is 3.50. The molecule has 0 bridgehead atoms. The van der Waals surface area contributed by atoms with Gasteiger partial charge in [-0.15, -0.1) is 6.58 Å². The fraction of sp³-hybridized carbons (Fsp3) is 0.154. The van der Waals surface area contributed by atoms with E-state index in [0.717, 1.165) is 21.6 Å². The molecule has 0 aliphatic heterocycles. The van der Waals surface area contributed by atoms with Crippen LogP contribution in [0.1, 0.15) is 24.5 Å². The van der Waals surface area contributed by atoms with Gasteiger partial charge in [-0.3, -0.25) is 4.98 Å². The van der Waals surface area contributed by atoms with Gasteiger partial charge in [0.2, 0.25) is 0 Å². The van der Waals surface area contributed by atoms with E-state index >= 15 is 0 Å². The molecule has 3 aromatic rings. The maximum Gasteiger partial charge on any atom is 0.319 e. The number of carbonyl (C=O) groups excluding carboxylic acids is 1. The number of urea groups is 1. The molecule has 7 heteroatoms. The van der Waals surface area contributed by atoms with Crippen LogP contribution in [0.2, 0.25) is 0 Å². The number of anilines is 2. The average Bonchev–Trinajstić information content (AvgIpc) is 2.79. The molecule has 33 heavy (non-hydrogen) atoms. The summed E-state index contributed by atoms with van der Waals surface area (Å²) < 4.78 is 0. The molecule has 0 fully saturated rings. The van der Waals surface area contributed by atoms with Crippen LogP contribution in [0.15, 0.2) is 61.4 Å². The van der Waals surface area contributed by atoms with Crippen LogP contribution in [0.4, 0.5) is 16.3 Å². The van der Waals surface area contributed by atoms with Gasteiger partial charge in [0.1, 0.15) is 11.9 Å². The van der Waals surface area contributed by atoms with Gasteiger partial charge in [0.15, 0.2) is 0 Å². The average molecular weight is 439 g/mol. The van der Waals surface area contributed by atoms with Crippen molar-refractivity contribution < 1.29 is 4.79 Å². The van der Waals surface area contributed by atoms with E-state index in [-0.39, 0.29) is 6.04 Å². The Morgan fingerprint density at radius 3 is 2.82 bits per heavy atom. The lowest BCUT2D eigenvalue weighted by Gasteiger charge is -2.15. The molecule has 3 rings (SSSR count). The highest BCUT2D eigenvalue weighted by Crippen LogP contribution is 2.18. The number of rotatable bonds is 6. The summed E-state index contributed by atoms with van der Waals surface area (Å²) in [5.41, 5.74) is 9.74. The van der Waals surface area contributed by atoms with E-state index in [1.54, 1.807) is 42.7 Å². The summed E-state index contributed by atoms with van der Waals surface area (Å²) in [4.78, 5) is 21.4. The number of para-hydroxylation sites is 1. The number of hydrogen-bond donors (Lipinski definition) is 3. The molecule has 7 nitrogen and oxygen atoms in total. The Labute approximate surface area is 193 Å². The molecular weight excluding hydrogens is 412 g/mol. The number of nitriles is 1. The van der Waals surface area contributed by atoms with Crippen molar-refractivity contribution in [2.75, 3.05) is 11.1 Å². The number of aromatic nitrogens is 2. The summed E-state index contributed by atoms with van der Waals surface area (Å²) >= 11 is 0. The van der Waals surface area contributed by atoms with Crippen LogP contribution in [0.3, 0.4) is 0 Å². The van der Waals surface area contributed by atoms with Gasteiger partial charge in [-0.1, -0.05) is 30.4 Å². The number of amides is 2. The zero-order chi connectivity index (χ0) is 23.8. The first kappa shape index (κ1) is 23.2. The van der Waals surface area contributed by atoms with Gasteiger partial charge < -0.3 is 16.4 Å². The first-order valence-electron chi connectivity index (χ1n) is 10.5. The minimum atomic E-state index is -0.423. The predicted molar refractivity (Wildman–Crippen MR) is 132 cm³/mol. The third-order valence-electron chi connectivity index (χ3n) is 5.14. The standard InChI is InChI=1S/C26H26N6O/c1-4-8-20(30-26(33)32-23-10-7-6-9-18(23)15-27)13-19-14-24(31-25(28)21(19)5-2)22-16-29-12-11-17(22)3/h4-7,9-14,16,20H,1,8H2,2-3H3,(H2,28,31)(H2,30,32,33)/b19-13-,21-5+. The number of pyridine rings is 2. The van der Waals surface area contributed by atoms with Crippen LogP contribution in [0, 0.1) is 18.3 Å². The molecular formula is C26H26N6O. The molecule has 4 N–H and O–H groups in total. The highest BCUT2D eigenvalue weighted by atomic mass is 16.2. The number of nitrogen functional groups attached to an aromatic ring is 1. The Morgan fingerprint density at radius 2 is 2.12 bits per heavy atom. The minimum Gasteiger partial charge on any atom is -0.383 e. The largest absolute Gasteiger partial charge is 0.383 e. The topological polar surface area (TPSA) is 117 Å². The summed E-state index contributed by atoms with van der Waals surface area (Å²) in [6.45, 7) is 7.69. The highest BCUT2D eigenvalue weighted by molar-refractivity contribution is 5.91. The van der Waals surface area contributed by atoms with Crippen LogP contribution < -0.4 is 26.8 Å². The van der Waals surface area contributed by atoms with Crippen LogP contribution >= 0.6 is 0 Å². The van der Waals surface area contributed by atoms with Crippen molar-refractivity contribution in [1.82, 2.24) is 15.3 Å². The molecule has 0 aliphatic rings. The van der Waals surface area contributed by atoms with Crippen LogP contribution in [0.5, 0.6) is 0 Å². The van der Waals surface area contributed by atoms with E-state index in [2.05, 4.69) is 33.2 Å². The molecule has 166 valence electrons. The third-order valence-corrected chi connectivity index (χ3v) is 5.14. The second kappa shape index (κ2) is 10.7. The lowest BCUT2D eigenvalue weighted by Crippen LogP contribution is -2.39. The van der Waals surface area contributed by atoms with Crippen molar-refractivity contribution in [2.24, 2.45) is 0 Å². The molecule has 2 aromatic heterocycles. The Hall–Kier alpha value is -4.44. The van der Waals surface area contributed by atoms with E-state index < -0.39 is 6.03 Å². The maximum atomic E-state index is 12.7. The van der Waals surface area contributed by atoms with Gasteiger partial charge in [0.25, 0.3) is 0 Å². The molecule has 0 saturated heterocycles. The number of hydrogen-bond acceptors (Lipinski definition) is 5. The van der Waals surface area contributed by atoms with Crippen LogP contribution in [-0.4, -0.2) is 22.0 Å². The Bertz CT molecular complexity index is 1340. The van der Waals surface area contributed by atoms with Gasteiger partial charge in [-0.25, -0.2) is 9.78 Å². The van der Waals surface area contributed by atoms with Crippen molar-refractivity contribution >= 4 is 29.7 Å². The second-order valence-corrected chi connectivity index (χ2v) is 7.43. The van der Waals surface area contributed by atoms with E-state index in [1.165, 1.54) is 0 Å². The summed E-state index contributed by atoms with van der Waals surface area (Å²) in [7, 11) is 0. The van der Waals surface area contributed by atoms with Crippen LogP contribution in [0.25, 0.3) is 23.4 Å². The molecule has 0 spiro atoms. The first-order chi connectivity index (χ1) is 16.0. The summed E-state index contributed by atoms with van der Waals surface area (Å²) in [6, 6.07) is 12.0. The first-order valence-corrected chi connectivity index (χ1v) is 10.5. The smallest absolute Gasteiger partial charge is 0.319 e. The monoisotopic (exact) mass is 438 g/mol. The van der Waals surface area contributed by atoms with Crippen molar-refractivity contribution in [1.29, 1.82) is 5.26 Å². The maximum absolute atomic E-state index is 12.7. The highest BCUT2D eigenvalue weighted by Gasteiger charge is 2.12. The zero-order valence-electron chi connectivity index (χ0n) is 18.7. The number of nitrogens with one attached hydrogen (secondary N) is 2. The summed E-state index contributed by atoms with van der Waals surface area (Å²) in [5, 5.41) is 16.5. The van der Waals surface area contributed by atoms with Gasteiger partial charge >= 0.3 is 6.03 Å². The van der Waals surface area contributed by atoms with Crippen molar-refractivity contribution in [3.8, 4) is 17.3 Å². The SMILES string of the molecule is C=CCC(/C=c1/cc(-c2cnccc2C)nc(N)/c1=C/C)NC(=O)Nc1ccccc1C#N. The van der Waals surface area contributed by atoms with E-state index in [4.69, 9.17) is 5.73 Å². The predicted octanol–water partition coefficient (Wildman–Crippen LogP) is 3.25. The number of benzene rings is 1. The Balaban J connectivity index is 1.98. The van der Waals surface area contributed by atoms with Crippen molar-refractivity contribution in [3.05, 3.63) is 83.0 Å². The quantitative estimate of drug-likeness (QED) is 0.511. The molecule has 1 atom stereocenters. The molecule has 1 aromatic carbocycles. The van der Waals surface area contributed by atoms with E-state index in [9.17, 15) is 10.1 Å². The third kappa shape index (κ3) is 5.63. The van der Waals surface area contributed by atoms with Gasteiger partial charge in [-0.05, 0) is 55.3 Å². The lowest BCUT2D eigenvalue weighted by molar-refractivity contribution is 0.250. The van der Waals surface area contributed by atoms with E-state index in [0.29, 0.717) is 29.2 Å². The lowest BCUT2D eigenvalue weighted by atomic mass is 10.1. The zero-order valence-corrected chi connectivity index (χ0v) is 18.7. The van der Waals surface area contributed by atoms with Gasteiger partial charge in [0.05, 0.1) is 23.0 Å². The molecule has 2 heterocycles. The normalized spacial score (nSPS) is 12.6. The molecule has 1 unspecified atom stereocenters. The fourth-order valence-electron chi connectivity index (χ4n) is 3.50. The minimum absolute atomic E-state index is 0.361. The number of nitrogens with two attached hydrogens (primary N) is 1. The molecule has 0 radical (unpaired) electrons. The summed E-state index contributed by atoms with van der Waals surface area (Å²) in [6.07, 6.45) is 9.55. The molecule has 0 aliphatic carbocycles. The molecule has 0 saturated carbocycles.